The first-order valence-corrected chi connectivity index (χ1v) is 16.5. The van der Waals surface area contributed by atoms with Crippen LogP contribution in [0.5, 0.6) is 0 Å². The summed E-state index contributed by atoms with van der Waals surface area (Å²) in [6.07, 6.45) is 4.05. The summed E-state index contributed by atoms with van der Waals surface area (Å²) in [5, 5.41) is -4.73. The van der Waals surface area contributed by atoms with Crippen LogP contribution in [0.25, 0.3) is 0 Å². The molecule has 0 heterocycles. The van der Waals surface area contributed by atoms with Gasteiger partial charge in [-0.1, -0.05) is 20.8 Å². The van der Waals surface area contributed by atoms with Crippen LogP contribution in [0.3, 0.4) is 0 Å². The molecule has 0 aliphatic heterocycles. The highest BCUT2D eigenvalue weighted by atomic mass is 32.2. The lowest BCUT2D eigenvalue weighted by molar-refractivity contribution is -0.166. The fourth-order valence-corrected chi connectivity index (χ4v) is 8.92. The van der Waals surface area contributed by atoms with Gasteiger partial charge in [0.15, 0.2) is 16.7 Å². The Morgan fingerprint density at radius 2 is 1.70 bits per heavy atom. The smallest absolute Gasteiger partial charge is 0.367 e. The van der Waals surface area contributed by atoms with Gasteiger partial charge in [-0.3, -0.25) is 24.0 Å². The largest absolute Gasteiger partial charge is 0.743 e. The van der Waals surface area contributed by atoms with Crippen LogP contribution >= 0.6 is 0 Å². The molecule has 0 aromatic carbocycles. The second-order valence-electron chi connectivity index (χ2n) is 13.5. The van der Waals surface area contributed by atoms with E-state index in [1.54, 1.807) is 0 Å². The third-order valence-corrected chi connectivity index (χ3v) is 12.1. The number of fused-ring (bicyclic) bond motifs is 5. The minimum Gasteiger partial charge on any atom is -0.743 e. The monoisotopic (exact) mass is 631 g/mol. The minimum atomic E-state index is -5.96. The van der Waals surface area contributed by atoms with Crippen LogP contribution in [0.15, 0.2) is 0 Å². The Kier molecular flexibility index (Phi) is 9.58. The Balaban J connectivity index is 1.26. The van der Waals surface area contributed by atoms with Crippen molar-refractivity contribution < 1.29 is 55.2 Å². The van der Waals surface area contributed by atoms with Crippen molar-refractivity contribution in [3.63, 3.8) is 0 Å². The number of hydrogen-bond donors (Lipinski definition) is 0. The second kappa shape index (κ2) is 12.3. The summed E-state index contributed by atoms with van der Waals surface area (Å²) < 4.78 is 66.7. The molecule has 0 unspecified atom stereocenters. The molecule has 4 aliphatic rings. The third-order valence-electron chi connectivity index (χ3n) is 11.3. The number of rotatable bonds is 11. The maximum absolute atomic E-state index is 13.9. The van der Waals surface area contributed by atoms with E-state index in [1.807, 2.05) is 13.8 Å². The first-order valence-electron chi connectivity index (χ1n) is 15.1. The number of halogens is 2. The van der Waals surface area contributed by atoms with Crippen LogP contribution < -0.4 is 0 Å². The molecule has 0 N–H and O–H groups in total. The molecule has 0 saturated heterocycles. The van der Waals surface area contributed by atoms with Crippen molar-refractivity contribution in [3.05, 3.63) is 0 Å². The summed E-state index contributed by atoms with van der Waals surface area (Å²) >= 11 is 0. The number of carbonyl (C=O) groups is 5. The second-order valence-corrected chi connectivity index (χ2v) is 15.0. The van der Waals surface area contributed by atoms with Crippen molar-refractivity contribution in [2.24, 2.45) is 46.3 Å². The number of ketones is 3. The molecule has 4 saturated carbocycles. The van der Waals surface area contributed by atoms with Gasteiger partial charge in [-0.15, -0.1) is 0 Å². The predicted octanol–water partition coefficient (Wildman–Crippen LogP) is 3.99. The number of carbonyl (C=O) groups excluding carboxylic acids is 5. The van der Waals surface area contributed by atoms with Crippen molar-refractivity contribution in [3.8, 4) is 0 Å². The van der Waals surface area contributed by atoms with Crippen molar-refractivity contribution in [1.29, 1.82) is 0 Å². The van der Waals surface area contributed by atoms with Crippen molar-refractivity contribution in [2.75, 3.05) is 13.2 Å². The molecule has 242 valence electrons. The topological polar surface area (TPSA) is 161 Å². The molecule has 0 radical (unpaired) electrons. The molecular formula is C30H41F2O10S-. The van der Waals surface area contributed by atoms with Crippen LogP contribution in [0.1, 0.15) is 91.4 Å². The minimum absolute atomic E-state index is 0.00585. The summed E-state index contributed by atoms with van der Waals surface area (Å²) in [5.41, 5.74) is -0.841. The zero-order valence-corrected chi connectivity index (χ0v) is 25.7. The lowest BCUT2D eigenvalue weighted by Crippen LogP contribution is -2.60. The number of hydrogen-bond acceptors (Lipinski definition) is 10. The quantitative estimate of drug-likeness (QED) is 0.185. The first kappa shape index (κ1) is 33.6. The van der Waals surface area contributed by atoms with E-state index in [2.05, 4.69) is 11.7 Å². The van der Waals surface area contributed by atoms with Gasteiger partial charge in [0.1, 0.15) is 17.3 Å². The third kappa shape index (κ3) is 6.43. The van der Waals surface area contributed by atoms with E-state index in [4.69, 9.17) is 4.74 Å². The number of Topliss-reactive ketones (excluding diaryl/α,β-unsaturated/α-hetero) is 3. The van der Waals surface area contributed by atoms with Gasteiger partial charge in [-0.2, -0.15) is 8.78 Å². The number of ether oxygens (including phenoxy) is 2. The first-order chi connectivity index (χ1) is 19.9. The Labute approximate surface area is 250 Å². The molecule has 8 atom stereocenters. The molecule has 0 aromatic heterocycles. The van der Waals surface area contributed by atoms with Crippen LogP contribution in [-0.2, 0) is 43.6 Å². The maximum atomic E-state index is 13.9. The van der Waals surface area contributed by atoms with Gasteiger partial charge in [0.05, 0.1) is 6.61 Å². The van der Waals surface area contributed by atoms with E-state index < -0.39 is 45.8 Å². The zero-order chi connectivity index (χ0) is 32.0. The Bertz CT molecular complexity index is 1270. The fourth-order valence-electron chi connectivity index (χ4n) is 8.72. The molecular weight excluding hydrogens is 590 g/mol. The SMILES string of the molecule is C[C@H](CCC(=O)OCCCC(=O)OCC(F)(F)S(=O)(=O)[O-])[C@H]1CC[C@H]2[C@@H]3C(=O)C[C@@H]4CC(=O)CC[C@]4(C)[C@H]3CC(=O)[C@]12C. The van der Waals surface area contributed by atoms with Gasteiger partial charge in [-0.05, 0) is 67.1 Å². The molecule has 4 fully saturated rings. The van der Waals surface area contributed by atoms with Gasteiger partial charge < -0.3 is 14.0 Å². The molecule has 4 rings (SSSR count). The van der Waals surface area contributed by atoms with E-state index in [0.29, 0.717) is 32.1 Å². The highest BCUT2D eigenvalue weighted by Gasteiger charge is 2.66. The van der Waals surface area contributed by atoms with Crippen molar-refractivity contribution in [2.45, 2.75) is 96.7 Å². The average Bonchev–Trinajstić information content (AvgIpc) is 3.28. The van der Waals surface area contributed by atoms with Gasteiger partial charge >= 0.3 is 17.2 Å². The van der Waals surface area contributed by atoms with Crippen molar-refractivity contribution in [1.82, 2.24) is 0 Å². The number of alkyl halides is 2. The van der Waals surface area contributed by atoms with E-state index in [0.717, 1.165) is 19.3 Å². The van der Waals surface area contributed by atoms with Gasteiger partial charge in [0, 0.05) is 49.9 Å². The van der Waals surface area contributed by atoms with E-state index in [-0.39, 0.29) is 77.7 Å². The summed E-state index contributed by atoms with van der Waals surface area (Å²) in [6.45, 7) is 4.11. The fraction of sp³-hybridized carbons (Fsp3) is 0.833. The normalized spacial score (nSPS) is 35.0. The van der Waals surface area contributed by atoms with E-state index in [9.17, 15) is 45.7 Å². The lowest BCUT2D eigenvalue weighted by atomic mass is 9.44. The highest BCUT2D eigenvalue weighted by molar-refractivity contribution is 7.86. The van der Waals surface area contributed by atoms with Crippen molar-refractivity contribution >= 4 is 39.4 Å². The Morgan fingerprint density at radius 3 is 2.37 bits per heavy atom. The van der Waals surface area contributed by atoms with Crippen LogP contribution in [-0.4, -0.2) is 60.7 Å². The van der Waals surface area contributed by atoms with Gasteiger partial charge in [0.2, 0.25) is 0 Å². The Morgan fingerprint density at radius 1 is 1.02 bits per heavy atom. The van der Waals surface area contributed by atoms with Gasteiger partial charge in [-0.25, -0.2) is 8.42 Å². The predicted molar refractivity (Wildman–Crippen MR) is 145 cm³/mol. The van der Waals surface area contributed by atoms with Gasteiger partial charge in [0.25, 0.3) is 0 Å². The molecule has 0 bridgehead atoms. The summed E-state index contributed by atoms with van der Waals surface area (Å²) in [7, 11) is -5.96. The Hall–Kier alpha value is -2.28. The van der Waals surface area contributed by atoms with E-state index in [1.165, 1.54) is 0 Å². The molecule has 0 aromatic rings. The summed E-state index contributed by atoms with van der Waals surface area (Å²) in [6, 6.07) is 0. The molecule has 13 heteroatoms. The zero-order valence-electron chi connectivity index (χ0n) is 24.9. The maximum Gasteiger partial charge on any atom is 0.367 e. The standard InChI is InChI=1S/C30H42F2O10S/c1-17(6-9-26(37)41-12-4-5-25(36)42-16-30(31,32)43(38,39)40)20-7-8-21-27-22(15-24(35)29(20,21)3)28(2)11-10-19(33)13-18(28)14-23(27)34/h17-18,20-22,27H,4-16H2,1-3H3,(H,38,39,40)/p-1/t17-,18+,20-,21+,22+,27+,28+,29-/m1/s1. The lowest BCUT2D eigenvalue weighted by Gasteiger charge is -2.58. The molecule has 0 spiro atoms. The molecule has 43 heavy (non-hydrogen) atoms. The summed E-state index contributed by atoms with van der Waals surface area (Å²) in [4.78, 5) is 63.5. The van der Waals surface area contributed by atoms with Crippen LogP contribution in [0, 0.1) is 46.3 Å². The summed E-state index contributed by atoms with van der Waals surface area (Å²) in [5.74, 6) is -1.33. The van der Waals surface area contributed by atoms with E-state index >= 15 is 0 Å². The van der Waals surface area contributed by atoms with Crippen LogP contribution in [0.4, 0.5) is 8.78 Å². The average molecular weight is 632 g/mol. The highest BCUT2D eigenvalue weighted by Crippen LogP contribution is 2.66. The number of esters is 2. The molecule has 0 amide bonds. The molecule has 10 nitrogen and oxygen atoms in total. The molecule has 4 aliphatic carbocycles. The van der Waals surface area contributed by atoms with Crippen LogP contribution in [0.2, 0.25) is 0 Å².